The Hall–Kier alpha value is -1.34. The molecular formula is C12H16F2N2O2S. The molecule has 2 amide bonds. The number of halogens is 2. The van der Waals surface area contributed by atoms with Crippen LogP contribution in [0.3, 0.4) is 0 Å². The van der Waals surface area contributed by atoms with Crippen molar-refractivity contribution in [2.45, 2.75) is 12.5 Å². The Balaban J connectivity index is 2.63. The molecule has 0 aromatic heterocycles. The first-order valence-corrected chi connectivity index (χ1v) is 7.09. The maximum atomic E-state index is 13.3. The predicted molar refractivity (Wildman–Crippen MR) is 72.4 cm³/mol. The summed E-state index contributed by atoms with van der Waals surface area (Å²) in [6.45, 7) is -0.0699. The number of thioether (sulfide) groups is 1. The lowest BCUT2D eigenvalue weighted by Crippen LogP contribution is -2.40. The summed E-state index contributed by atoms with van der Waals surface area (Å²) in [6.07, 6.45) is 2.24. The van der Waals surface area contributed by atoms with Gasteiger partial charge in [-0.3, -0.25) is 0 Å². The van der Waals surface area contributed by atoms with Crippen LogP contribution in [-0.2, 0) is 0 Å². The standard InChI is InChI=1S/C12H16F2N2O2S/c1-19-7-8(5-6-17)15-12(18)16-11-9(13)3-2-4-10(11)14/h2-4,8,17H,5-7H2,1H3,(H2,15,16,18). The third-order valence-corrected chi connectivity index (χ3v) is 3.12. The van der Waals surface area contributed by atoms with E-state index >= 15 is 0 Å². The van der Waals surface area contributed by atoms with Gasteiger partial charge in [-0.05, 0) is 24.8 Å². The van der Waals surface area contributed by atoms with Gasteiger partial charge in [0.05, 0.1) is 0 Å². The second-order valence-electron chi connectivity index (χ2n) is 3.86. The van der Waals surface area contributed by atoms with Crippen molar-refractivity contribution in [1.82, 2.24) is 5.32 Å². The molecule has 7 heteroatoms. The van der Waals surface area contributed by atoms with Gasteiger partial charge >= 0.3 is 6.03 Å². The Kier molecular flexibility index (Phi) is 6.58. The van der Waals surface area contributed by atoms with Crippen LogP contribution in [0.5, 0.6) is 0 Å². The molecule has 1 rings (SSSR count). The van der Waals surface area contributed by atoms with Gasteiger partial charge < -0.3 is 15.7 Å². The Morgan fingerprint density at radius 3 is 2.58 bits per heavy atom. The number of para-hydroxylation sites is 1. The minimum Gasteiger partial charge on any atom is -0.396 e. The van der Waals surface area contributed by atoms with Crippen LogP contribution in [0, 0.1) is 11.6 Å². The smallest absolute Gasteiger partial charge is 0.319 e. The number of nitrogens with one attached hydrogen (secondary N) is 2. The van der Waals surface area contributed by atoms with Crippen LogP contribution >= 0.6 is 11.8 Å². The summed E-state index contributed by atoms with van der Waals surface area (Å²) in [5, 5.41) is 13.5. The highest BCUT2D eigenvalue weighted by Gasteiger charge is 2.15. The van der Waals surface area contributed by atoms with Gasteiger partial charge in [-0.15, -0.1) is 0 Å². The molecule has 1 aromatic rings. The van der Waals surface area contributed by atoms with Crippen LogP contribution in [0.2, 0.25) is 0 Å². The zero-order valence-corrected chi connectivity index (χ0v) is 11.3. The Bertz CT molecular complexity index is 406. The van der Waals surface area contributed by atoms with E-state index in [1.165, 1.54) is 17.8 Å². The van der Waals surface area contributed by atoms with E-state index in [9.17, 15) is 13.6 Å². The number of hydrogen-bond donors (Lipinski definition) is 3. The molecule has 0 aliphatic heterocycles. The summed E-state index contributed by atoms with van der Waals surface area (Å²) < 4.78 is 26.6. The van der Waals surface area contributed by atoms with Crippen LogP contribution in [0.15, 0.2) is 18.2 Å². The van der Waals surface area contributed by atoms with E-state index in [1.807, 2.05) is 6.26 Å². The quantitative estimate of drug-likeness (QED) is 0.752. The fourth-order valence-electron chi connectivity index (χ4n) is 1.51. The molecule has 19 heavy (non-hydrogen) atoms. The average Bonchev–Trinajstić information content (AvgIpc) is 2.35. The van der Waals surface area contributed by atoms with E-state index in [0.29, 0.717) is 12.2 Å². The Morgan fingerprint density at radius 2 is 2.05 bits per heavy atom. The fourth-order valence-corrected chi connectivity index (χ4v) is 2.16. The molecule has 0 aliphatic carbocycles. The number of anilines is 1. The monoisotopic (exact) mass is 290 g/mol. The molecule has 0 heterocycles. The van der Waals surface area contributed by atoms with Crippen molar-refractivity contribution in [1.29, 1.82) is 0 Å². The van der Waals surface area contributed by atoms with Gasteiger partial charge in [-0.25, -0.2) is 13.6 Å². The third-order valence-electron chi connectivity index (χ3n) is 2.38. The number of aliphatic hydroxyl groups is 1. The van der Waals surface area contributed by atoms with E-state index in [1.54, 1.807) is 0 Å². The van der Waals surface area contributed by atoms with Gasteiger partial charge in [0.1, 0.15) is 17.3 Å². The fraction of sp³-hybridized carbons (Fsp3) is 0.417. The summed E-state index contributed by atoms with van der Waals surface area (Å²) >= 11 is 1.50. The molecule has 0 saturated heterocycles. The third kappa shape index (κ3) is 5.04. The topological polar surface area (TPSA) is 61.4 Å². The number of urea groups is 1. The second-order valence-corrected chi connectivity index (χ2v) is 4.77. The van der Waals surface area contributed by atoms with Crippen LogP contribution in [0.25, 0.3) is 0 Å². The summed E-state index contributed by atoms with van der Waals surface area (Å²) in [7, 11) is 0. The molecule has 1 aromatic carbocycles. The number of carbonyl (C=O) groups excluding carboxylic acids is 1. The van der Waals surface area contributed by atoms with E-state index < -0.39 is 23.4 Å². The highest BCUT2D eigenvalue weighted by Crippen LogP contribution is 2.17. The van der Waals surface area contributed by atoms with Gasteiger partial charge in [0.2, 0.25) is 0 Å². The minimum absolute atomic E-state index is 0.0699. The normalized spacial score (nSPS) is 12.0. The SMILES string of the molecule is CSCC(CCO)NC(=O)Nc1c(F)cccc1F. The van der Waals surface area contributed by atoms with Crippen molar-refractivity contribution in [3.63, 3.8) is 0 Å². The summed E-state index contributed by atoms with van der Waals surface area (Å²) in [6, 6.07) is 2.39. The number of aliphatic hydroxyl groups excluding tert-OH is 1. The number of rotatable bonds is 6. The summed E-state index contributed by atoms with van der Waals surface area (Å²) in [5.41, 5.74) is -0.480. The lowest BCUT2D eigenvalue weighted by atomic mass is 10.2. The van der Waals surface area contributed by atoms with E-state index in [4.69, 9.17) is 5.11 Å². The van der Waals surface area contributed by atoms with E-state index in [2.05, 4.69) is 10.6 Å². The van der Waals surface area contributed by atoms with Crippen molar-refractivity contribution >= 4 is 23.5 Å². The Labute approximate surface area is 114 Å². The van der Waals surface area contributed by atoms with Gasteiger partial charge in [0, 0.05) is 18.4 Å². The molecular weight excluding hydrogens is 274 g/mol. The van der Waals surface area contributed by atoms with Gasteiger partial charge in [0.15, 0.2) is 0 Å². The van der Waals surface area contributed by atoms with Crippen LogP contribution < -0.4 is 10.6 Å². The first-order valence-electron chi connectivity index (χ1n) is 5.69. The average molecular weight is 290 g/mol. The molecule has 0 radical (unpaired) electrons. The molecule has 0 saturated carbocycles. The predicted octanol–water partition coefficient (Wildman–Crippen LogP) is 2.20. The molecule has 1 atom stereocenters. The number of carbonyl (C=O) groups is 1. The van der Waals surface area contributed by atoms with E-state index in [0.717, 1.165) is 12.1 Å². The number of amides is 2. The van der Waals surface area contributed by atoms with Crippen molar-refractivity contribution < 1.29 is 18.7 Å². The number of benzene rings is 1. The molecule has 1 unspecified atom stereocenters. The van der Waals surface area contributed by atoms with Crippen molar-refractivity contribution in [2.75, 3.05) is 23.9 Å². The maximum Gasteiger partial charge on any atom is 0.319 e. The first-order chi connectivity index (χ1) is 9.08. The zero-order valence-electron chi connectivity index (χ0n) is 10.5. The number of hydrogen-bond acceptors (Lipinski definition) is 3. The van der Waals surface area contributed by atoms with E-state index in [-0.39, 0.29) is 12.6 Å². The molecule has 4 nitrogen and oxygen atoms in total. The molecule has 0 fully saturated rings. The zero-order chi connectivity index (χ0) is 14.3. The Morgan fingerprint density at radius 1 is 1.42 bits per heavy atom. The molecule has 3 N–H and O–H groups in total. The first kappa shape index (κ1) is 15.7. The molecule has 106 valence electrons. The van der Waals surface area contributed by atoms with Crippen LogP contribution in [0.1, 0.15) is 6.42 Å². The summed E-state index contributed by atoms with van der Waals surface area (Å²) in [4.78, 5) is 11.6. The van der Waals surface area contributed by atoms with Crippen molar-refractivity contribution in [3.05, 3.63) is 29.8 Å². The second kappa shape index (κ2) is 7.96. The van der Waals surface area contributed by atoms with Crippen LogP contribution in [0.4, 0.5) is 19.3 Å². The maximum absolute atomic E-state index is 13.3. The highest BCUT2D eigenvalue weighted by atomic mass is 32.2. The van der Waals surface area contributed by atoms with Gasteiger partial charge in [-0.1, -0.05) is 6.07 Å². The molecule has 0 bridgehead atoms. The van der Waals surface area contributed by atoms with Crippen molar-refractivity contribution in [3.8, 4) is 0 Å². The lowest BCUT2D eigenvalue weighted by Gasteiger charge is -2.17. The minimum atomic E-state index is -0.835. The largest absolute Gasteiger partial charge is 0.396 e. The summed E-state index contributed by atoms with van der Waals surface area (Å²) in [5.74, 6) is -1.06. The lowest BCUT2D eigenvalue weighted by molar-refractivity contribution is 0.241. The molecule has 0 spiro atoms. The molecule has 0 aliphatic rings. The van der Waals surface area contributed by atoms with Gasteiger partial charge in [-0.2, -0.15) is 11.8 Å². The highest BCUT2D eigenvalue weighted by molar-refractivity contribution is 7.98. The van der Waals surface area contributed by atoms with Gasteiger partial charge in [0.25, 0.3) is 0 Å². The van der Waals surface area contributed by atoms with Crippen molar-refractivity contribution in [2.24, 2.45) is 0 Å². The van der Waals surface area contributed by atoms with Crippen LogP contribution in [-0.4, -0.2) is 35.8 Å².